The number of nitrogens with zero attached hydrogens (tertiary/aromatic N) is 1. The summed E-state index contributed by atoms with van der Waals surface area (Å²) in [5.74, 6) is -2.24. The lowest BCUT2D eigenvalue weighted by Gasteiger charge is -2.42. The molecule has 1 N–H and O–H groups in total. The van der Waals surface area contributed by atoms with E-state index in [-0.39, 0.29) is 40.6 Å². The van der Waals surface area contributed by atoms with Crippen LogP contribution in [0.4, 0.5) is 5.69 Å². The van der Waals surface area contributed by atoms with E-state index >= 15 is 0 Å². The molecule has 2 amide bonds. The molecule has 1 saturated heterocycles. The molecule has 3 aromatic rings. The first-order chi connectivity index (χ1) is 23.1. The van der Waals surface area contributed by atoms with E-state index in [1.165, 1.54) is 23.1 Å². The largest absolute Gasteiger partial charge is 0.508 e. The van der Waals surface area contributed by atoms with E-state index in [4.69, 9.17) is 21.1 Å². The van der Waals surface area contributed by atoms with E-state index in [9.17, 15) is 24.3 Å². The number of carbonyl (C=O) groups is 4. The molecule has 4 aliphatic rings. The van der Waals surface area contributed by atoms with Crippen molar-refractivity contribution in [3.63, 3.8) is 0 Å². The highest BCUT2D eigenvalue weighted by molar-refractivity contribution is 6.32. The van der Waals surface area contributed by atoms with E-state index < -0.39 is 23.7 Å². The van der Waals surface area contributed by atoms with Crippen molar-refractivity contribution in [2.24, 2.45) is 17.8 Å². The summed E-state index contributed by atoms with van der Waals surface area (Å²) in [4.78, 5) is 56.4. The summed E-state index contributed by atoms with van der Waals surface area (Å²) >= 11 is 6.64. The highest BCUT2D eigenvalue weighted by Crippen LogP contribution is 2.56. The van der Waals surface area contributed by atoms with Crippen molar-refractivity contribution in [3.05, 3.63) is 117 Å². The fourth-order valence-corrected chi connectivity index (χ4v) is 7.90. The third kappa shape index (κ3) is 5.08. The van der Waals surface area contributed by atoms with Gasteiger partial charge in [-0.05, 0) is 85.4 Å². The number of carbonyl (C=O) groups excluding carboxylic acids is 4. The molecule has 8 nitrogen and oxygen atoms in total. The van der Waals surface area contributed by atoms with E-state index in [0.717, 1.165) is 16.7 Å². The van der Waals surface area contributed by atoms with Gasteiger partial charge in [0.25, 0.3) is 0 Å². The zero-order chi connectivity index (χ0) is 33.9. The molecule has 7 rings (SSSR count). The summed E-state index contributed by atoms with van der Waals surface area (Å²) in [6, 6.07) is 17.3. The number of halogens is 1. The molecule has 0 saturated carbocycles. The maximum Gasteiger partial charge on any atom is 0.238 e. The lowest BCUT2D eigenvalue weighted by atomic mass is 9.59. The third-order valence-corrected chi connectivity index (χ3v) is 10.2. The van der Waals surface area contributed by atoms with Crippen LogP contribution in [0.15, 0.2) is 95.1 Å². The van der Waals surface area contributed by atoms with Crippen LogP contribution in [0, 0.1) is 17.8 Å². The Hall–Kier alpha value is -5.21. The van der Waals surface area contributed by atoms with Crippen molar-refractivity contribution in [2.75, 3.05) is 19.1 Å². The van der Waals surface area contributed by atoms with Crippen molar-refractivity contribution >= 4 is 52.8 Å². The number of methoxy groups -OCH3 is 2. The number of allylic oxidation sites excluding steroid dienone is 6. The number of benzene rings is 3. The first-order valence-corrected chi connectivity index (χ1v) is 16.1. The van der Waals surface area contributed by atoms with Crippen LogP contribution in [-0.2, 0) is 19.2 Å². The van der Waals surface area contributed by atoms with Gasteiger partial charge in [0.15, 0.2) is 11.6 Å². The minimum Gasteiger partial charge on any atom is -0.508 e. The van der Waals surface area contributed by atoms with Gasteiger partial charge in [-0.1, -0.05) is 53.6 Å². The van der Waals surface area contributed by atoms with Crippen LogP contribution in [0.25, 0.3) is 12.2 Å². The molecule has 48 heavy (non-hydrogen) atoms. The molecule has 0 bridgehead atoms. The van der Waals surface area contributed by atoms with Gasteiger partial charge in [0.05, 0.1) is 31.7 Å². The molecule has 0 radical (unpaired) electrons. The lowest BCUT2D eigenvalue weighted by molar-refractivity contribution is -0.123. The zero-order valence-electron chi connectivity index (χ0n) is 26.5. The Kier molecular flexibility index (Phi) is 7.92. The average Bonchev–Trinajstić information content (AvgIpc) is 3.34. The molecule has 0 spiro atoms. The number of rotatable bonds is 6. The van der Waals surface area contributed by atoms with Crippen LogP contribution in [-0.4, -0.2) is 42.7 Å². The van der Waals surface area contributed by atoms with Crippen LogP contribution < -0.4 is 14.4 Å². The van der Waals surface area contributed by atoms with Crippen LogP contribution >= 0.6 is 11.6 Å². The first-order valence-electron chi connectivity index (χ1n) is 15.7. The van der Waals surface area contributed by atoms with Gasteiger partial charge in [-0.15, -0.1) is 0 Å². The number of ketones is 2. The summed E-state index contributed by atoms with van der Waals surface area (Å²) < 4.78 is 10.8. The number of phenols is 1. The normalized spacial score (nSPS) is 23.5. The highest BCUT2D eigenvalue weighted by Gasteiger charge is 2.56. The number of fused-ring (bicyclic) bond motifs is 3. The maximum absolute atomic E-state index is 14.2. The van der Waals surface area contributed by atoms with Gasteiger partial charge in [-0.3, -0.25) is 24.1 Å². The van der Waals surface area contributed by atoms with Gasteiger partial charge in [-0.2, -0.15) is 0 Å². The molecule has 3 aromatic carbocycles. The molecule has 1 heterocycles. The number of hydrogen-bond donors (Lipinski definition) is 1. The highest BCUT2D eigenvalue weighted by atomic mass is 35.5. The number of hydrogen-bond acceptors (Lipinski definition) is 7. The van der Waals surface area contributed by atoms with Gasteiger partial charge in [0.2, 0.25) is 11.8 Å². The predicted molar refractivity (Wildman–Crippen MR) is 182 cm³/mol. The quantitative estimate of drug-likeness (QED) is 0.133. The van der Waals surface area contributed by atoms with E-state index in [0.29, 0.717) is 45.9 Å². The molecule has 1 aliphatic heterocycles. The monoisotopic (exact) mass is 661 g/mol. The van der Waals surface area contributed by atoms with Crippen molar-refractivity contribution in [2.45, 2.75) is 25.7 Å². The molecule has 0 aromatic heterocycles. The topological polar surface area (TPSA) is 110 Å². The maximum atomic E-state index is 14.2. The second kappa shape index (κ2) is 12.1. The lowest BCUT2D eigenvalue weighted by Crippen LogP contribution is -2.39. The van der Waals surface area contributed by atoms with Crippen molar-refractivity contribution in [3.8, 4) is 17.2 Å². The van der Waals surface area contributed by atoms with Crippen LogP contribution in [0.3, 0.4) is 0 Å². The summed E-state index contributed by atoms with van der Waals surface area (Å²) in [5.41, 5.74) is 4.57. The minimum absolute atomic E-state index is 0.0288. The van der Waals surface area contributed by atoms with E-state index in [1.54, 1.807) is 39.3 Å². The van der Waals surface area contributed by atoms with Gasteiger partial charge < -0.3 is 14.6 Å². The molecule has 9 heteroatoms. The molecule has 3 aliphatic carbocycles. The standard InChI is InChI=1S/C39H32ClNO7/c1-20-16-32(43)30-19-29-26(34(36(30)37(20)44)27-12-10-24(42)18-31(27)40)13-14-28-35(29)39(46)41(38(28)45)23-8-5-21(6-9-23)4-7-22-17-25(47-2)11-15-33(22)48-3/h4-13,15-18,28-29,34-35,42H,14,19H2,1-3H3/t28-,29+,34+,35-/m0/s1. The SMILES string of the molecule is COc1ccc(OC)c(C=Cc2ccc(N3C(=O)[C@H]4[C@H](CC=C5[C@H](c6ccc(O)cc6Cl)C6=C(C[C@H]54)C(=O)C=C(C)C6=O)C3=O)cc2)c1. The molecule has 242 valence electrons. The Labute approximate surface area is 282 Å². The number of ether oxygens (including phenoxy) is 2. The van der Waals surface area contributed by atoms with E-state index in [2.05, 4.69) is 0 Å². The number of Topliss-reactive ketones (excluding diaryl/α,β-unsaturated/α-hetero) is 1. The fourth-order valence-electron chi connectivity index (χ4n) is 7.61. The second-order valence-corrected chi connectivity index (χ2v) is 12.9. The first kappa shape index (κ1) is 31.4. The molecule has 4 atom stereocenters. The Bertz CT molecular complexity index is 2040. The minimum atomic E-state index is -0.708. The van der Waals surface area contributed by atoms with Crippen molar-refractivity contribution in [1.29, 1.82) is 0 Å². The molecular formula is C39H32ClNO7. The summed E-state index contributed by atoms with van der Waals surface area (Å²) in [6.07, 6.45) is 7.59. The third-order valence-electron chi connectivity index (χ3n) is 9.90. The number of phenolic OH excluding ortho intramolecular Hbond substituents is 1. The van der Waals surface area contributed by atoms with Crippen LogP contribution in [0.2, 0.25) is 5.02 Å². The number of anilines is 1. The average molecular weight is 662 g/mol. The zero-order valence-corrected chi connectivity index (χ0v) is 27.3. The summed E-state index contributed by atoms with van der Waals surface area (Å²) in [6.45, 7) is 1.62. The van der Waals surface area contributed by atoms with Gasteiger partial charge in [-0.25, -0.2) is 0 Å². The Morgan fingerprint density at radius 3 is 2.38 bits per heavy atom. The smallest absolute Gasteiger partial charge is 0.238 e. The fraction of sp³-hybridized carbons (Fsp3) is 0.231. The van der Waals surface area contributed by atoms with Crippen LogP contribution in [0.1, 0.15) is 42.4 Å². The Balaban J connectivity index is 1.21. The van der Waals surface area contributed by atoms with Crippen molar-refractivity contribution < 1.29 is 33.8 Å². The second-order valence-electron chi connectivity index (χ2n) is 12.5. The number of imide groups is 1. The Morgan fingerprint density at radius 1 is 0.896 bits per heavy atom. The van der Waals surface area contributed by atoms with Gasteiger partial charge in [0, 0.05) is 33.2 Å². The van der Waals surface area contributed by atoms with Gasteiger partial charge in [0.1, 0.15) is 17.2 Å². The predicted octanol–water partition coefficient (Wildman–Crippen LogP) is 6.87. The molecule has 1 fully saturated rings. The van der Waals surface area contributed by atoms with Gasteiger partial charge >= 0.3 is 0 Å². The summed E-state index contributed by atoms with van der Waals surface area (Å²) in [7, 11) is 3.20. The Morgan fingerprint density at radius 2 is 1.67 bits per heavy atom. The van der Waals surface area contributed by atoms with E-state index in [1.807, 2.05) is 48.6 Å². The van der Waals surface area contributed by atoms with Crippen molar-refractivity contribution in [1.82, 2.24) is 0 Å². The summed E-state index contributed by atoms with van der Waals surface area (Å²) in [5, 5.41) is 10.3. The number of aromatic hydroxyl groups is 1. The molecular weight excluding hydrogens is 630 g/mol. The van der Waals surface area contributed by atoms with Crippen LogP contribution in [0.5, 0.6) is 17.2 Å². The number of amides is 2. The molecule has 0 unspecified atom stereocenters.